The summed E-state index contributed by atoms with van der Waals surface area (Å²) < 4.78 is 0. The second-order valence-electron chi connectivity index (χ2n) is 2.89. The van der Waals surface area contributed by atoms with E-state index in [2.05, 4.69) is 10.2 Å². The first-order chi connectivity index (χ1) is 7.59. The number of nitrogens with two attached hydrogens (primary N) is 1. The molecule has 0 saturated carbocycles. The zero-order chi connectivity index (χ0) is 12.0. The maximum atomic E-state index is 10.2. The molecule has 0 radical (unpaired) electrons. The lowest BCUT2D eigenvalue weighted by molar-refractivity contribution is -0.796. The Kier molecular flexibility index (Phi) is 3.96. The van der Waals surface area contributed by atoms with E-state index in [0.29, 0.717) is 0 Å². The summed E-state index contributed by atoms with van der Waals surface area (Å²) in [6.45, 7) is 0. The van der Waals surface area contributed by atoms with E-state index >= 15 is 0 Å². The van der Waals surface area contributed by atoms with E-state index in [-0.39, 0.29) is 5.96 Å². The summed E-state index contributed by atoms with van der Waals surface area (Å²) in [5.74, 6) is -0.218. The highest BCUT2D eigenvalue weighted by Crippen LogP contribution is 1.94. The van der Waals surface area contributed by atoms with Gasteiger partial charge in [0.25, 0.3) is 5.96 Å². The molecule has 0 aliphatic carbocycles. The Morgan fingerprint density at radius 3 is 2.69 bits per heavy atom. The fraction of sp³-hybridized carbons (Fsp3) is 0.111. The lowest BCUT2D eigenvalue weighted by Crippen LogP contribution is -2.30. The standard InChI is InChI=1S/C9H12N5O2/c1-13(9(10)12-14(15)16)11-7-8-5-3-2-4-6-8/h2-7H,1H3,(H2,10,12)(H,15,16)/q+1/b11-7+. The van der Waals surface area contributed by atoms with Gasteiger partial charge >= 0.3 is 5.03 Å². The van der Waals surface area contributed by atoms with Gasteiger partial charge in [-0.1, -0.05) is 30.3 Å². The van der Waals surface area contributed by atoms with Crippen LogP contribution in [0.1, 0.15) is 5.56 Å². The van der Waals surface area contributed by atoms with Crippen molar-refractivity contribution in [2.24, 2.45) is 15.9 Å². The van der Waals surface area contributed by atoms with Gasteiger partial charge in [0, 0.05) is 7.05 Å². The molecule has 0 saturated heterocycles. The minimum atomic E-state index is -0.621. The molecule has 84 valence electrons. The van der Waals surface area contributed by atoms with Crippen LogP contribution in [0, 0.1) is 4.91 Å². The first-order valence-corrected chi connectivity index (χ1v) is 4.42. The van der Waals surface area contributed by atoms with Gasteiger partial charge in [-0.15, -0.1) is 0 Å². The molecule has 7 heteroatoms. The average molecular weight is 222 g/mol. The maximum absolute atomic E-state index is 10.2. The lowest BCUT2D eigenvalue weighted by atomic mass is 10.2. The van der Waals surface area contributed by atoms with Gasteiger partial charge in [0.05, 0.1) is 6.21 Å². The molecule has 16 heavy (non-hydrogen) atoms. The maximum Gasteiger partial charge on any atom is 0.391 e. The van der Waals surface area contributed by atoms with Crippen molar-refractivity contribution in [3.63, 3.8) is 0 Å². The van der Waals surface area contributed by atoms with E-state index in [4.69, 9.17) is 10.9 Å². The van der Waals surface area contributed by atoms with Crippen LogP contribution in [-0.2, 0) is 0 Å². The molecule has 0 atom stereocenters. The summed E-state index contributed by atoms with van der Waals surface area (Å²) in [4.78, 5) is 10.2. The Bertz CT molecular complexity index is 415. The fourth-order valence-electron chi connectivity index (χ4n) is 0.904. The van der Waals surface area contributed by atoms with E-state index < -0.39 is 5.03 Å². The molecular formula is C9H12N5O2+. The summed E-state index contributed by atoms with van der Waals surface area (Å²) in [5.41, 5.74) is 6.22. The van der Waals surface area contributed by atoms with E-state index in [1.165, 1.54) is 7.05 Å². The average Bonchev–Trinajstić information content (AvgIpc) is 2.26. The molecule has 0 spiro atoms. The first-order valence-electron chi connectivity index (χ1n) is 4.42. The number of hydrogen-bond donors (Lipinski definition) is 2. The first kappa shape index (κ1) is 11.6. The van der Waals surface area contributed by atoms with Crippen LogP contribution in [0.15, 0.2) is 40.5 Å². The van der Waals surface area contributed by atoms with Gasteiger partial charge in [0.15, 0.2) is 0 Å². The van der Waals surface area contributed by atoms with Crippen LogP contribution in [-0.4, -0.2) is 34.5 Å². The van der Waals surface area contributed by atoms with Crippen molar-refractivity contribution in [2.45, 2.75) is 0 Å². The second kappa shape index (κ2) is 5.44. The number of guanidine groups is 1. The molecule has 0 unspecified atom stereocenters. The number of benzene rings is 1. The number of rotatable bonds is 3. The third-order valence-electron chi connectivity index (χ3n) is 1.70. The summed E-state index contributed by atoms with van der Waals surface area (Å²) >= 11 is 0. The summed E-state index contributed by atoms with van der Waals surface area (Å²) in [5, 5.41) is 15.8. The Morgan fingerprint density at radius 1 is 1.50 bits per heavy atom. The van der Waals surface area contributed by atoms with Crippen molar-refractivity contribution in [1.29, 1.82) is 0 Å². The SMILES string of the molecule is CN(/N=C/c1ccccc1)/C(N)=N/[N+](=O)O. The van der Waals surface area contributed by atoms with Crippen molar-refractivity contribution in [2.75, 3.05) is 7.05 Å². The van der Waals surface area contributed by atoms with Gasteiger partial charge in [-0.05, 0) is 5.56 Å². The third kappa shape index (κ3) is 3.74. The van der Waals surface area contributed by atoms with E-state index in [0.717, 1.165) is 10.6 Å². The Hall–Kier alpha value is -2.44. The summed E-state index contributed by atoms with van der Waals surface area (Å²) in [6, 6.07) is 9.34. The molecule has 1 aromatic rings. The third-order valence-corrected chi connectivity index (χ3v) is 1.70. The van der Waals surface area contributed by atoms with Gasteiger partial charge in [-0.25, -0.2) is 10.2 Å². The van der Waals surface area contributed by atoms with Gasteiger partial charge < -0.3 is 5.73 Å². The highest BCUT2D eigenvalue weighted by atomic mass is 16.7. The van der Waals surface area contributed by atoms with Crippen LogP contribution in [0.25, 0.3) is 0 Å². The Morgan fingerprint density at radius 2 is 2.12 bits per heavy atom. The van der Waals surface area contributed by atoms with Crippen molar-refractivity contribution >= 4 is 12.2 Å². The number of hydrazone groups is 2. The minimum Gasteiger partial charge on any atom is -0.363 e. The molecule has 1 rings (SSSR count). The van der Waals surface area contributed by atoms with Crippen LogP contribution in [0.5, 0.6) is 0 Å². The van der Waals surface area contributed by atoms with Crippen LogP contribution < -0.4 is 5.73 Å². The second-order valence-corrected chi connectivity index (χ2v) is 2.89. The molecule has 0 heterocycles. The normalized spacial score (nSPS) is 11.7. The van der Waals surface area contributed by atoms with Crippen molar-refractivity contribution in [1.82, 2.24) is 5.01 Å². The van der Waals surface area contributed by atoms with E-state index in [1.54, 1.807) is 6.21 Å². The molecule has 1 aromatic carbocycles. The van der Waals surface area contributed by atoms with Crippen molar-refractivity contribution < 1.29 is 10.2 Å². The molecule has 0 aliphatic heterocycles. The Labute approximate surface area is 92.0 Å². The topological polar surface area (TPSA) is 94.3 Å². The molecule has 3 N–H and O–H groups in total. The quantitative estimate of drug-likeness (QED) is 0.438. The van der Waals surface area contributed by atoms with Gasteiger partial charge in [0.2, 0.25) is 0 Å². The molecule has 0 bridgehead atoms. The van der Waals surface area contributed by atoms with Crippen molar-refractivity contribution in [3.8, 4) is 0 Å². The zero-order valence-electron chi connectivity index (χ0n) is 8.69. The molecule has 0 aliphatic rings. The Balaban J connectivity index is 2.68. The smallest absolute Gasteiger partial charge is 0.363 e. The fourth-order valence-corrected chi connectivity index (χ4v) is 0.904. The zero-order valence-corrected chi connectivity index (χ0v) is 8.69. The largest absolute Gasteiger partial charge is 0.391 e. The summed E-state index contributed by atoms with van der Waals surface area (Å²) in [7, 11) is 1.50. The van der Waals surface area contributed by atoms with Crippen LogP contribution >= 0.6 is 0 Å². The predicted octanol–water partition coefficient (Wildman–Crippen LogP) is 0.350. The summed E-state index contributed by atoms with van der Waals surface area (Å²) in [6.07, 6.45) is 1.55. The highest BCUT2D eigenvalue weighted by molar-refractivity contribution is 5.82. The number of hydrogen-bond acceptors (Lipinski definition) is 2. The monoisotopic (exact) mass is 222 g/mol. The van der Waals surface area contributed by atoms with Crippen LogP contribution in [0.2, 0.25) is 0 Å². The van der Waals surface area contributed by atoms with E-state index in [1.807, 2.05) is 30.3 Å². The molecule has 7 nitrogen and oxygen atoms in total. The lowest BCUT2D eigenvalue weighted by Gasteiger charge is -2.06. The van der Waals surface area contributed by atoms with Crippen LogP contribution in [0.3, 0.4) is 0 Å². The molecule has 0 amide bonds. The minimum absolute atomic E-state index is 0.218. The highest BCUT2D eigenvalue weighted by Gasteiger charge is 2.07. The van der Waals surface area contributed by atoms with Gasteiger partial charge in [-0.3, -0.25) is 0 Å². The van der Waals surface area contributed by atoms with Gasteiger partial charge in [0.1, 0.15) is 10.0 Å². The van der Waals surface area contributed by atoms with Crippen molar-refractivity contribution in [3.05, 3.63) is 40.8 Å². The van der Waals surface area contributed by atoms with Gasteiger partial charge in [-0.2, -0.15) is 5.10 Å². The van der Waals surface area contributed by atoms with Crippen LogP contribution in [0.4, 0.5) is 0 Å². The molecule has 0 fully saturated rings. The molecule has 0 aromatic heterocycles. The predicted molar refractivity (Wildman–Crippen MR) is 58.8 cm³/mol. The van der Waals surface area contributed by atoms with E-state index in [9.17, 15) is 4.91 Å². The number of nitrogens with zero attached hydrogens (tertiary/aromatic N) is 4. The molecular weight excluding hydrogens is 210 g/mol.